The number of rotatable bonds is 5. The molecule has 1 aliphatic heterocycles. The average Bonchev–Trinajstić information content (AvgIpc) is 3.21. The number of fused-ring (bicyclic) bond motifs is 1. The number of halogens is 3. The predicted molar refractivity (Wildman–Crippen MR) is 131 cm³/mol. The first-order chi connectivity index (χ1) is 16.8. The van der Waals surface area contributed by atoms with Gasteiger partial charge in [0.2, 0.25) is 0 Å². The molecule has 5 nitrogen and oxygen atoms in total. The van der Waals surface area contributed by atoms with Crippen LogP contribution in [0.2, 0.25) is 0 Å². The van der Waals surface area contributed by atoms with Crippen LogP contribution in [0.15, 0.2) is 59.5 Å². The van der Waals surface area contributed by atoms with Crippen LogP contribution in [-0.4, -0.2) is 37.8 Å². The number of sulfone groups is 1. The highest BCUT2D eigenvalue weighted by Crippen LogP contribution is 2.35. The quantitative estimate of drug-likeness (QED) is 0.425. The summed E-state index contributed by atoms with van der Waals surface area (Å²) in [5.74, 6) is -0.917. The van der Waals surface area contributed by atoms with Crippen LogP contribution in [0.3, 0.4) is 0 Å². The molecule has 0 radical (unpaired) electrons. The van der Waals surface area contributed by atoms with Crippen molar-refractivity contribution in [1.29, 1.82) is 0 Å². The van der Waals surface area contributed by atoms with Crippen molar-refractivity contribution in [2.45, 2.75) is 51.0 Å². The molecule has 36 heavy (non-hydrogen) atoms. The minimum Gasteiger partial charge on any atom is -0.480 e. The second-order valence-electron chi connectivity index (χ2n) is 9.14. The minimum atomic E-state index is -4.65. The van der Waals surface area contributed by atoms with Crippen molar-refractivity contribution in [3.05, 3.63) is 82.4 Å². The third-order valence-corrected chi connectivity index (χ3v) is 7.47. The third-order valence-electron chi connectivity index (χ3n) is 6.36. The Morgan fingerprint density at radius 3 is 2.22 bits per heavy atom. The number of benzene rings is 3. The Kier molecular flexibility index (Phi) is 6.64. The van der Waals surface area contributed by atoms with Gasteiger partial charge in [0, 0.05) is 19.3 Å². The van der Waals surface area contributed by atoms with E-state index in [1.165, 1.54) is 4.90 Å². The van der Waals surface area contributed by atoms with Gasteiger partial charge >= 0.3 is 6.18 Å². The number of alkyl halides is 3. The van der Waals surface area contributed by atoms with Gasteiger partial charge in [-0.15, -0.1) is 0 Å². The van der Waals surface area contributed by atoms with Crippen molar-refractivity contribution in [1.82, 2.24) is 4.90 Å². The van der Waals surface area contributed by atoms with E-state index < -0.39 is 28.0 Å². The molecule has 0 saturated carbocycles. The van der Waals surface area contributed by atoms with Gasteiger partial charge in [0.25, 0.3) is 5.91 Å². The van der Waals surface area contributed by atoms with Gasteiger partial charge in [-0.3, -0.25) is 4.79 Å². The fourth-order valence-corrected chi connectivity index (χ4v) is 5.05. The number of hydrogen-bond acceptors (Lipinski definition) is 4. The Balaban J connectivity index is 1.68. The lowest BCUT2D eigenvalue weighted by atomic mass is 9.94. The summed E-state index contributed by atoms with van der Waals surface area (Å²) in [6.07, 6.45) is -5.86. The molecule has 0 spiro atoms. The van der Waals surface area contributed by atoms with Gasteiger partial charge in [0.1, 0.15) is 5.75 Å². The fourth-order valence-electron chi connectivity index (χ4n) is 4.40. The first-order valence-electron chi connectivity index (χ1n) is 11.3. The Morgan fingerprint density at radius 1 is 0.972 bits per heavy atom. The van der Waals surface area contributed by atoms with Crippen LogP contribution < -0.4 is 4.74 Å². The lowest BCUT2D eigenvalue weighted by Crippen LogP contribution is -2.32. The van der Waals surface area contributed by atoms with Crippen LogP contribution in [0.5, 0.6) is 5.75 Å². The Hall–Kier alpha value is -3.33. The number of carbonyl (C=O) groups is 1. The van der Waals surface area contributed by atoms with Crippen LogP contribution in [-0.2, 0) is 22.9 Å². The zero-order valence-corrected chi connectivity index (χ0v) is 21.1. The number of nitrogens with zero attached hydrogens (tertiary/aromatic N) is 1. The summed E-state index contributed by atoms with van der Waals surface area (Å²) >= 11 is 0. The summed E-state index contributed by atoms with van der Waals surface area (Å²) in [6.45, 7) is 5.38. The van der Waals surface area contributed by atoms with Crippen LogP contribution in [0, 0.1) is 13.8 Å². The molecule has 0 unspecified atom stereocenters. The highest BCUT2D eigenvalue weighted by Gasteiger charge is 2.39. The number of amides is 1. The second kappa shape index (κ2) is 9.28. The number of aryl methyl sites for hydroxylation is 2. The Morgan fingerprint density at radius 2 is 1.61 bits per heavy atom. The van der Waals surface area contributed by atoms with Crippen LogP contribution in [0.25, 0.3) is 11.1 Å². The van der Waals surface area contributed by atoms with E-state index in [9.17, 15) is 26.4 Å². The predicted octanol–water partition coefficient (Wildman–Crippen LogP) is 5.86. The van der Waals surface area contributed by atoms with E-state index in [4.69, 9.17) is 4.74 Å². The number of carbonyl (C=O) groups excluding carboxylic acids is 1. The first kappa shape index (κ1) is 25.8. The summed E-state index contributed by atoms with van der Waals surface area (Å²) in [7, 11) is -3.70. The summed E-state index contributed by atoms with van der Waals surface area (Å²) in [4.78, 5) is 14.8. The van der Waals surface area contributed by atoms with E-state index in [0.717, 1.165) is 64.8 Å². The minimum absolute atomic E-state index is 0.174. The molecule has 190 valence electrons. The van der Waals surface area contributed by atoms with Gasteiger partial charge in [0.05, 0.1) is 10.5 Å². The maximum absolute atomic E-state index is 13.5. The van der Waals surface area contributed by atoms with E-state index >= 15 is 0 Å². The summed E-state index contributed by atoms with van der Waals surface area (Å²) in [6, 6.07) is 15.3. The SMILES string of the molecule is Cc1cccc(C)c1-c1ccc2c(c1)CN(C(=O)c1cc(S(C)(=O)=O)ccc1O[C@@H](C)C(F)(F)F)C2. The largest absolute Gasteiger partial charge is 0.480 e. The van der Waals surface area contributed by atoms with E-state index in [-0.39, 0.29) is 29.3 Å². The molecule has 0 aromatic heterocycles. The fraction of sp³-hybridized carbons (Fsp3) is 0.296. The van der Waals surface area contributed by atoms with Gasteiger partial charge in [-0.2, -0.15) is 13.2 Å². The molecule has 4 rings (SSSR count). The van der Waals surface area contributed by atoms with E-state index in [0.29, 0.717) is 0 Å². The van der Waals surface area contributed by atoms with Crippen LogP contribution in [0.1, 0.15) is 39.5 Å². The first-order valence-corrected chi connectivity index (χ1v) is 13.2. The van der Waals surface area contributed by atoms with Crippen molar-refractivity contribution in [2.24, 2.45) is 0 Å². The van der Waals surface area contributed by atoms with Crippen molar-refractivity contribution in [2.75, 3.05) is 6.26 Å². The molecular weight excluding hydrogens is 491 g/mol. The lowest BCUT2D eigenvalue weighted by molar-refractivity contribution is -0.189. The molecule has 1 amide bonds. The highest BCUT2D eigenvalue weighted by atomic mass is 32.2. The molecule has 0 saturated heterocycles. The summed E-state index contributed by atoms with van der Waals surface area (Å²) in [5.41, 5.74) is 6.00. The maximum Gasteiger partial charge on any atom is 0.425 e. The van der Waals surface area contributed by atoms with Gasteiger partial charge in [-0.05, 0) is 78.4 Å². The second-order valence-corrected chi connectivity index (χ2v) is 11.2. The van der Waals surface area contributed by atoms with Gasteiger partial charge in [-0.1, -0.05) is 30.3 Å². The molecule has 9 heteroatoms. The van der Waals surface area contributed by atoms with E-state index in [1.54, 1.807) is 0 Å². The molecule has 1 atom stereocenters. The van der Waals surface area contributed by atoms with Gasteiger partial charge < -0.3 is 9.64 Å². The number of hydrogen-bond donors (Lipinski definition) is 0. The molecule has 0 N–H and O–H groups in total. The summed E-state index contributed by atoms with van der Waals surface area (Å²) < 4.78 is 68.6. The van der Waals surface area contributed by atoms with Crippen LogP contribution >= 0.6 is 0 Å². The molecule has 1 heterocycles. The smallest absolute Gasteiger partial charge is 0.425 e. The zero-order chi connectivity index (χ0) is 26.4. The maximum atomic E-state index is 13.5. The van der Waals surface area contributed by atoms with Gasteiger partial charge in [-0.25, -0.2) is 8.42 Å². The Labute approximate surface area is 208 Å². The van der Waals surface area contributed by atoms with Crippen molar-refractivity contribution in [3.8, 4) is 16.9 Å². The van der Waals surface area contributed by atoms with Crippen molar-refractivity contribution < 1.29 is 31.1 Å². The third kappa shape index (κ3) is 5.11. The normalized spacial score (nSPS) is 14.5. The average molecular weight is 518 g/mol. The molecule has 3 aromatic carbocycles. The summed E-state index contributed by atoms with van der Waals surface area (Å²) in [5, 5.41) is 0. The number of ether oxygens (including phenoxy) is 1. The van der Waals surface area contributed by atoms with E-state index in [2.05, 4.69) is 0 Å². The lowest BCUT2D eigenvalue weighted by Gasteiger charge is -2.22. The molecule has 0 aliphatic carbocycles. The topological polar surface area (TPSA) is 63.7 Å². The van der Waals surface area contributed by atoms with E-state index in [1.807, 2.05) is 50.2 Å². The highest BCUT2D eigenvalue weighted by molar-refractivity contribution is 7.90. The monoisotopic (exact) mass is 517 g/mol. The van der Waals surface area contributed by atoms with Crippen LogP contribution in [0.4, 0.5) is 13.2 Å². The van der Waals surface area contributed by atoms with Crippen molar-refractivity contribution in [3.63, 3.8) is 0 Å². The zero-order valence-electron chi connectivity index (χ0n) is 20.3. The van der Waals surface area contributed by atoms with Gasteiger partial charge in [0.15, 0.2) is 15.9 Å². The molecule has 0 fully saturated rings. The Bertz CT molecular complexity index is 1430. The molecule has 0 bridgehead atoms. The molecular formula is C27H26F3NO4S. The standard InChI is InChI=1S/C27H26F3NO4S/c1-16-6-5-7-17(2)25(16)19-8-9-20-14-31(15-21(20)12-19)26(32)23-13-22(36(4,33)34)10-11-24(23)35-18(3)27(28,29)30/h5-13,18H,14-15H2,1-4H3/t18-/m0/s1. The molecule has 1 aliphatic rings. The molecule has 3 aromatic rings. The van der Waals surface area contributed by atoms with Crippen molar-refractivity contribution >= 4 is 15.7 Å².